The van der Waals surface area contributed by atoms with Crippen molar-refractivity contribution in [2.45, 2.75) is 0 Å². The van der Waals surface area contributed by atoms with Gasteiger partial charge >= 0.3 is 0 Å². The Hall–Kier alpha value is -3.22. The van der Waals surface area contributed by atoms with Crippen molar-refractivity contribution in [1.82, 2.24) is 19.9 Å². The first-order valence-electron chi connectivity index (χ1n) is 7.45. The average molecular weight is 325 g/mol. The molecule has 1 aromatic carbocycles. The van der Waals surface area contributed by atoms with Crippen LogP contribution in [0.4, 0.5) is 10.2 Å². The molecular weight excluding hydrogens is 309 g/mol. The number of carbonyl (C=O) groups is 1. The van der Waals surface area contributed by atoms with Gasteiger partial charge in [-0.15, -0.1) is 0 Å². The lowest BCUT2D eigenvalue weighted by molar-refractivity contribution is 0.0955. The lowest BCUT2D eigenvalue weighted by Gasteiger charge is -2.08. The number of hydrogen-bond acceptors (Lipinski definition) is 4. The van der Waals surface area contributed by atoms with E-state index in [2.05, 4.69) is 20.6 Å². The Morgan fingerprint density at radius 1 is 1.08 bits per heavy atom. The van der Waals surface area contributed by atoms with Gasteiger partial charge in [-0.25, -0.2) is 14.4 Å². The van der Waals surface area contributed by atoms with Crippen molar-refractivity contribution in [2.75, 3.05) is 18.4 Å². The van der Waals surface area contributed by atoms with Crippen LogP contribution in [0.5, 0.6) is 0 Å². The molecule has 2 N–H and O–H groups in total. The highest BCUT2D eigenvalue weighted by molar-refractivity contribution is 5.94. The molecule has 0 fully saturated rings. The molecule has 3 rings (SSSR count). The third kappa shape index (κ3) is 3.95. The zero-order chi connectivity index (χ0) is 16.8. The van der Waals surface area contributed by atoms with Crippen LogP contribution in [0.25, 0.3) is 5.82 Å². The number of carbonyl (C=O) groups excluding carboxylic acids is 1. The first-order valence-corrected chi connectivity index (χ1v) is 7.45. The summed E-state index contributed by atoms with van der Waals surface area (Å²) in [6, 6.07) is 11.1. The maximum atomic E-state index is 12.8. The van der Waals surface area contributed by atoms with Gasteiger partial charge in [-0.1, -0.05) is 0 Å². The number of nitrogens with one attached hydrogen (secondary N) is 2. The molecule has 6 nitrogen and oxygen atoms in total. The minimum absolute atomic E-state index is 0.243. The number of rotatable bonds is 6. The molecule has 2 aromatic heterocycles. The fourth-order valence-electron chi connectivity index (χ4n) is 2.14. The zero-order valence-corrected chi connectivity index (χ0v) is 12.8. The van der Waals surface area contributed by atoms with Crippen molar-refractivity contribution in [3.8, 4) is 5.82 Å². The molecule has 24 heavy (non-hydrogen) atoms. The summed E-state index contributed by atoms with van der Waals surface area (Å²) in [4.78, 5) is 20.2. The Labute approximate surface area is 138 Å². The highest BCUT2D eigenvalue weighted by atomic mass is 19.1. The first kappa shape index (κ1) is 15.7. The molecule has 0 aliphatic carbocycles. The second kappa shape index (κ2) is 7.36. The third-order valence-electron chi connectivity index (χ3n) is 3.34. The van der Waals surface area contributed by atoms with E-state index in [0.717, 1.165) is 5.82 Å². The van der Waals surface area contributed by atoms with Crippen LogP contribution in [-0.2, 0) is 0 Å². The van der Waals surface area contributed by atoms with Crippen LogP contribution >= 0.6 is 0 Å². The van der Waals surface area contributed by atoms with Gasteiger partial charge < -0.3 is 15.2 Å². The normalized spacial score (nSPS) is 10.4. The van der Waals surface area contributed by atoms with E-state index in [1.54, 1.807) is 0 Å². The second-order valence-corrected chi connectivity index (χ2v) is 5.04. The van der Waals surface area contributed by atoms with E-state index in [-0.39, 0.29) is 11.7 Å². The molecule has 122 valence electrons. The predicted molar refractivity (Wildman–Crippen MR) is 88.6 cm³/mol. The lowest BCUT2D eigenvalue weighted by Crippen LogP contribution is -2.28. The summed E-state index contributed by atoms with van der Waals surface area (Å²) >= 11 is 0. The van der Waals surface area contributed by atoms with Crippen LogP contribution in [0.3, 0.4) is 0 Å². The molecular formula is C17H16FN5O. The Balaban J connectivity index is 1.49. The van der Waals surface area contributed by atoms with Gasteiger partial charge in [-0.3, -0.25) is 4.79 Å². The quantitative estimate of drug-likeness (QED) is 0.682. The van der Waals surface area contributed by atoms with Crippen molar-refractivity contribution in [2.24, 2.45) is 0 Å². The van der Waals surface area contributed by atoms with E-state index in [4.69, 9.17) is 0 Å². The van der Waals surface area contributed by atoms with Gasteiger partial charge in [0.25, 0.3) is 5.91 Å². The van der Waals surface area contributed by atoms with Gasteiger partial charge in [0.1, 0.15) is 23.8 Å². The van der Waals surface area contributed by atoms with E-state index in [1.165, 1.54) is 30.6 Å². The number of amides is 1. The van der Waals surface area contributed by atoms with Crippen LogP contribution < -0.4 is 10.6 Å². The Kier molecular flexibility index (Phi) is 4.81. The molecule has 0 radical (unpaired) electrons. The summed E-state index contributed by atoms with van der Waals surface area (Å²) in [6.45, 7) is 0.925. The van der Waals surface area contributed by atoms with E-state index < -0.39 is 0 Å². The molecule has 0 aliphatic heterocycles. The molecule has 0 unspecified atom stereocenters. The van der Waals surface area contributed by atoms with E-state index in [0.29, 0.717) is 24.5 Å². The molecule has 7 heteroatoms. The summed E-state index contributed by atoms with van der Waals surface area (Å²) in [7, 11) is 0. The van der Waals surface area contributed by atoms with E-state index >= 15 is 0 Å². The van der Waals surface area contributed by atoms with Crippen LogP contribution in [0, 0.1) is 5.82 Å². The van der Waals surface area contributed by atoms with Crippen molar-refractivity contribution in [3.05, 3.63) is 72.6 Å². The van der Waals surface area contributed by atoms with Gasteiger partial charge in [-0.05, 0) is 36.4 Å². The summed E-state index contributed by atoms with van der Waals surface area (Å²) in [5.41, 5.74) is 0.424. The smallest absolute Gasteiger partial charge is 0.251 e. The van der Waals surface area contributed by atoms with Crippen molar-refractivity contribution in [3.63, 3.8) is 0 Å². The number of anilines is 1. The maximum Gasteiger partial charge on any atom is 0.251 e. The lowest BCUT2D eigenvalue weighted by atomic mass is 10.2. The SMILES string of the molecule is O=C(NCCNc1cc(-n2cccc2)ncn1)c1ccc(F)cc1. The van der Waals surface area contributed by atoms with E-state index in [1.807, 2.05) is 35.2 Å². The van der Waals surface area contributed by atoms with Gasteiger partial charge in [-0.2, -0.15) is 0 Å². The highest BCUT2D eigenvalue weighted by Gasteiger charge is 2.05. The summed E-state index contributed by atoms with van der Waals surface area (Å²) in [6.07, 6.45) is 5.28. The van der Waals surface area contributed by atoms with Gasteiger partial charge in [0.15, 0.2) is 0 Å². The number of aromatic nitrogens is 3. The molecule has 3 aromatic rings. The van der Waals surface area contributed by atoms with Crippen molar-refractivity contribution >= 4 is 11.7 Å². The third-order valence-corrected chi connectivity index (χ3v) is 3.34. The molecule has 0 saturated carbocycles. The van der Waals surface area contributed by atoms with Gasteiger partial charge in [0.2, 0.25) is 0 Å². The van der Waals surface area contributed by atoms with Crippen LogP contribution in [0.15, 0.2) is 61.2 Å². The molecule has 0 bridgehead atoms. The number of benzene rings is 1. The van der Waals surface area contributed by atoms with Crippen molar-refractivity contribution in [1.29, 1.82) is 0 Å². The van der Waals surface area contributed by atoms with Gasteiger partial charge in [0, 0.05) is 37.1 Å². The summed E-state index contributed by atoms with van der Waals surface area (Å²) in [5.74, 6) is 0.820. The summed E-state index contributed by atoms with van der Waals surface area (Å²) < 4.78 is 14.7. The number of nitrogens with zero attached hydrogens (tertiary/aromatic N) is 3. The first-order chi connectivity index (χ1) is 11.7. The van der Waals surface area contributed by atoms with Crippen LogP contribution in [0.2, 0.25) is 0 Å². The largest absolute Gasteiger partial charge is 0.368 e. The minimum Gasteiger partial charge on any atom is -0.368 e. The minimum atomic E-state index is -0.365. The fourth-order valence-corrected chi connectivity index (χ4v) is 2.14. The van der Waals surface area contributed by atoms with Crippen LogP contribution in [0.1, 0.15) is 10.4 Å². The van der Waals surface area contributed by atoms with Crippen molar-refractivity contribution < 1.29 is 9.18 Å². The molecule has 1 amide bonds. The highest BCUT2D eigenvalue weighted by Crippen LogP contribution is 2.08. The van der Waals surface area contributed by atoms with E-state index in [9.17, 15) is 9.18 Å². The number of hydrogen-bond donors (Lipinski definition) is 2. The topological polar surface area (TPSA) is 71.8 Å². The Bertz CT molecular complexity index is 802. The fraction of sp³-hybridized carbons (Fsp3) is 0.118. The Morgan fingerprint density at radius 2 is 1.83 bits per heavy atom. The zero-order valence-electron chi connectivity index (χ0n) is 12.8. The predicted octanol–water partition coefficient (Wildman–Crippen LogP) is 2.25. The summed E-state index contributed by atoms with van der Waals surface area (Å²) in [5, 5.41) is 5.88. The maximum absolute atomic E-state index is 12.8. The number of halogens is 1. The molecule has 0 spiro atoms. The molecule has 0 atom stereocenters. The average Bonchev–Trinajstić information content (AvgIpc) is 3.14. The monoisotopic (exact) mass is 325 g/mol. The standard InChI is InChI=1S/C17H16FN5O/c18-14-5-3-13(4-6-14)17(24)20-8-7-19-15-11-16(22-12-21-15)23-9-1-2-10-23/h1-6,9-12H,7-8H2,(H,20,24)(H,19,21,22). The van der Waals surface area contributed by atoms with Crippen LogP contribution in [-0.4, -0.2) is 33.5 Å². The van der Waals surface area contributed by atoms with Gasteiger partial charge in [0.05, 0.1) is 0 Å². The molecule has 0 aliphatic rings. The molecule has 2 heterocycles. The second-order valence-electron chi connectivity index (χ2n) is 5.04. The Morgan fingerprint density at radius 3 is 2.58 bits per heavy atom. The molecule has 0 saturated heterocycles.